The highest BCUT2D eigenvalue weighted by molar-refractivity contribution is 7.19. The summed E-state index contributed by atoms with van der Waals surface area (Å²) in [5.74, 6) is 0.667. The Morgan fingerprint density at radius 2 is 1.74 bits per heavy atom. The van der Waals surface area contributed by atoms with Crippen molar-refractivity contribution in [2.24, 2.45) is 0 Å². The largest absolute Gasteiger partial charge is 0.263 e. The highest BCUT2D eigenvalue weighted by Crippen LogP contribution is 2.28. The highest BCUT2D eigenvalue weighted by atomic mass is 32.1. The summed E-state index contributed by atoms with van der Waals surface area (Å²) in [6, 6.07) is 18.0. The SMILES string of the molecule is c1ccc(-c2cn3nc(-c4nnc5c6ccccc6ncn45)sc3n2)cc1. The Labute approximate surface area is 156 Å². The molecule has 0 atom stereocenters. The van der Waals surface area contributed by atoms with Crippen LogP contribution in [-0.4, -0.2) is 34.2 Å². The van der Waals surface area contributed by atoms with Crippen LogP contribution in [0.5, 0.6) is 0 Å². The van der Waals surface area contributed by atoms with Crippen LogP contribution >= 0.6 is 11.3 Å². The van der Waals surface area contributed by atoms with Crippen LogP contribution in [0.3, 0.4) is 0 Å². The van der Waals surface area contributed by atoms with Crippen molar-refractivity contribution in [2.45, 2.75) is 0 Å². The van der Waals surface area contributed by atoms with E-state index in [1.165, 1.54) is 11.3 Å². The van der Waals surface area contributed by atoms with Gasteiger partial charge in [0.15, 0.2) is 10.7 Å². The van der Waals surface area contributed by atoms with Gasteiger partial charge < -0.3 is 0 Å². The van der Waals surface area contributed by atoms with Crippen LogP contribution in [-0.2, 0) is 0 Å². The first kappa shape index (κ1) is 14.5. The molecule has 4 aromatic heterocycles. The standard InChI is InChI=1S/C19H11N7S/c1-2-6-12(7-3-1)15-10-26-19(21-15)27-18(24-26)17-23-22-16-13-8-4-5-9-14(13)20-11-25(16)17/h1-11H. The van der Waals surface area contributed by atoms with Crippen LogP contribution in [0.4, 0.5) is 0 Å². The fraction of sp³-hybridized carbons (Fsp3) is 0. The van der Waals surface area contributed by atoms with Gasteiger partial charge in [0.05, 0.1) is 17.4 Å². The molecular formula is C19H11N7S. The molecule has 0 bridgehead atoms. The summed E-state index contributed by atoms with van der Waals surface area (Å²) in [5.41, 5.74) is 3.64. The number of nitrogens with zero attached hydrogens (tertiary/aromatic N) is 7. The van der Waals surface area contributed by atoms with E-state index in [1.807, 2.05) is 65.2 Å². The maximum atomic E-state index is 4.69. The third-order valence-corrected chi connectivity index (χ3v) is 5.38. The fourth-order valence-corrected chi connectivity index (χ4v) is 4.03. The zero-order valence-electron chi connectivity index (χ0n) is 13.9. The quantitative estimate of drug-likeness (QED) is 0.465. The van der Waals surface area contributed by atoms with Crippen molar-refractivity contribution in [1.82, 2.24) is 34.2 Å². The van der Waals surface area contributed by atoms with E-state index in [-0.39, 0.29) is 0 Å². The second kappa shape index (κ2) is 5.42. The lowest BCUT2D eigenvalue weighted by molar-refractivity contribution is 0.960. The minimum absolute atomic E-state index is 0.667. The zero-order valence-corrected chi connectivity index (χ0v) is 14.7. The molecule has 27 heavy (non-hydrogen) atoms. The lowest BCUT2D eigenvalue weighted by Crippen LogP contribution is -1.93. The molecule has 2 aromatic carbocycles. The van der Waals surface area contributed by atoms with Crippen molar-refractivity contribution in [3.63, 3.8) is 0 Å². The predicted octanol–water partition coefficient (Wildman–Crippen LogP) is 3.72. The molecule has 7 nitrogen and oxygen atoms in total. The van der Waals surface area contributed by atoms with Gasteiger partial charge in [-0.25, -0.2) is 14.5 Å². The van der Waals surface area contributed by atoms with Crippen molar-refractivity contribution in [3.05, 3.63) is 67.1 Å². The van der Waals surface area contributed by atoms with E-state index in [0.29, 0.717) is 5.82 Å². The van der Waals surface area contributed by atoms with Crippen LogP contribution in [0.15, 0.2) is 67.1 Å². The van der Waals surface area contributed by atoms with Gasteiger partial charge in [0.25, 0.3) is 0 Å². The van der Waals surface area contributed by atoms with Crippen molar-refractivity contribution >= 4 is 32.8 Å². The minimum Gasteiger partial charge on any atom is -0.263 e. The highest BCUT2D eigenvalue weighted by Gasteiger charge is 2.17. The normalized spacial score (nSPS) is 11.7. The maximum absolute atomic E-state index is 4.69. The monoisotopic (exact) mass is 369 g/mol. The fourth-order valence-electron chi connectivity index (χ4n) is 3.16. The van der Waals surface area contributed by atoms with Crippen molar-refractivity contribution in [3.8, 4) is 22.1 Å². The average molecular weight is 369 g/mol. The molecule has 0 aliphatic rings. The molecule has 4 heterocycles. The third kappa shape index (κ3) is 2.17. The van der Waals surface area contributed by atoms with Gasteiger partial charge in [0.2, 0.25) is 10.8 Å². The van der Waals surface area contributed by atoms with Gasteiger partial charge in [-0.3, -0.25) is 4.40 Å². The molecule has 0 fully saturated rings. The number of rotatable bonds is 2. The molecule has 0 aliphatic heterocycles. The number of para-hydroxylation sites is 1. The third-order valence-electron chi connectivity index (χ3n) is 4.46. The van der Waals surface area contributed by atoms with Gasteiger partial charge in [-0.15, -0.1) is 10.2 Å². The van der Waals surface area contributed by atoms with Crippen LogP contribution in [0.2, 0.25) is 0 Å². The van der Waals surface area contributed by atoms with Crippen LogP contribution < -0.4 is 0 Å². The smallest absolute Gasteiger partial charge is 0.213 e. The lowest BCUT2D eigenvalue weighted by Gasteiger charge is -1.99. The molecule has 6 rings (SSSR count). The van der Waals surface area contributed by atoms with E-state index in [1.54, 1.807) is 10.8 Å². The summed E-state index contributed by atoms with van der Waals surface area (Å²) in [7, 11) is 0. The van der Waals surface area contributed by atoms with E-state index < -0.39 is 0 Å². The molecule has 0 unspecified atom stereocenters. The zero-order chi connectivity index (χ0) is 17.8. The first-order chi connectivity index (χ1) is 13.4. The van der Waals surface area contributed by atoms with Crippen LogP contribution in [0, 0.1) is 0 Å². The number of fused-ring (bicyclic) bond motifs is 4. The molecule has 0 amide bonds. The van der Waals surface area contributed by atoms with Gasteiger partial charge in [0.1, 0.15) is 6.33 Å². The number of hydrogen-bond donors (Lipinski definition) is 0. The van der Waals surface area contributed by atoms with Gasteiger partial charge in [-0.1, -0.05) is 53.8 Å². The number of hydrogen-bond acceptors (Lipinski definition) is 6. The number of aromatic nitrogens is 7. The summed E-state index contributed by atoms with van der Waals surface area (Å²) in [4.78, 5) is 10.0. The summed E-state index contributed by atoms with van der Waals surface area (Å²) >= 11 is 1.48. The first-order valence-corrected chi connectivity index (χ1v) is 9.19. The predicted molar refractivity (Wildman–Crippen MR) is 104 cm³/mol. The average Bonchev–Trinajstić information content (AvgIpc) is 3.41. The Bertz CT molecular complexity index is 1400. The Morgan fingerprint density at radius 3 is 2.63 bits per heavy atom. The molecule has 8 heteroatoms. The summed E-state index contributed by atoms with van der Waals surface area (Å²) < 4.78 is 3.66. The molecule has 0 aliphatic carbocycles. The summed E-state index contributed by atoms with van der Waals surface area (Å²) in [5, 5.41) is 15.1. The van der Waals surface area contributed by atoms with E-state index in [4.69, 9.17) is 0 Å². The Hall–Kier alpha value is -3.65. The Morgan fingerprint density at radius 1 is 0.889 bits per heavy atom. The van der Waals surface area contributed by atoms with Gasteiger partial charge >= 0.3 is 0 Å². The van der Waals surface area contributed by atoms with E-state index in [0.717, 1.165) is 37.8 Å². The van der Waals surface area contributed by atoms with Gasteiger partial charge in [-0.2, -0.15) is 5.10 Å². The van der Waals surface area contributed by atoms with Crippen molar-refractivity contribution in [1.29, 1.82) is 0 Å². The second-order valence-corrected chi connectivity index (χ2v) is 7.06. The summed E-state index contributed by atoms with van der Waals surface area (Å²) in [6.07, 6.45) is 3.67. The maximum Gasteiger partial charge on any atom is 0.213 e. The molecule has 0 saturated carbocycles. The molecule has 6 aromatic rings. The number of benzene rings is 2. The van der Waals surface area contributed by atoms with Gasteiger partial charge in [0, 0.05) is 10.9 Å². The van der Waals surface area contributed by atoms with E-state index in [2.05, 4.69) is 25.3 Å². The van der Waals surface area contributed by atoms with Crippen LogP contribution in [0.1, 0.15) is 0 Å². The lowest BCUT2D eigenvalue weighted by atomic mass is 10.2. The molecule has 0 saturated heterocycles. The second-order valence-electron chi connectivity index (χ2n) is 6.11. The molecule has 128 valence electrons. The molecular weight excluding hydrogens is 358 g/mol. The van der Waals surface area contributed by atoms with Gasteiger partial charge in [-0.05, 0) is 12.1 Å². The topological polar surface area (TPSA) is 73.3 Å². The molecule has 0 radical (unpaired) electrons. The van der Waals surface area contributed by atoms with E-state index in [9.17, 15) is 0 Å². The van der Waals surface area contributed by atoms with Crippen molar-refractivity contribution in [2.75, 3.05) is 0 Å². The Balaban J connectivity index is 1.50. The minimum atomic E-state index is 0.667. The number of imidazole rings is 1. The molecule has 0 spiro atoms. The summed E-state index contributed by atoms with van der Waals surface area (Å²) in [6.45, 7) is 0. The van der Waals surface area contributed by atoms with E-state index >= 15 is 0 Å². The molecule has 0 N–H and O–H groups in total. The van der Waals surface area contributed by atoms with Crippen molar-refractivity contribution < 1.29 is 0 Å². The van der Waals surface area contributed by atoms with Crippen LogP contribution in [0.25, 0.3) is 43.6 Å². The Kier molecular flexibility index (Phi) is 2.91. The first-order valence-electron chi connectivity index (χ1n) is 8.37.